The molecule has 0 aromatic heterocycles. The minimum absolute atomic E-state index is 0.222. The summed E-state index contributed by atoms with van der Waals surface area (Å²) in [6.45, 7) is 2.05. The molecule has 0 bridgehead atoms. The smallest absolute Gasteiger partial charge is 0.406 e. The van der Waals surface area contributed by atoms with E-state index in [1.807, 2.05) is 6.42 Å². The summed E-state index contributed by atoms with van der Waals surface area (Å²) in [5.41, 5.74) is 1.07. The minimum Gasteiger partial charge on any atom is -0.406 e. The summed E-state index contributed by atoms with van der Waals surface area (Å²) < 4.78 is 67.9. The highest BCUT2D eigenvalue weighted by Gasteiger charge is 2.54. The van der Waals surface area contributed by atoms with Gasteiger partial charge in [0.1, 0.15) is 17.4 Å². The zero-order valence-corrected chi connectivity index (χ0v) is 14.9. The molecule has 2 unspecified atom stereocenters. The van der Waals surface area contributed by atoms with E-state index in [2.05, 4.69) is 9.64 Å². The topological polar surface area (TPSA) is 12.5 Å². The number of nitrogens with zero attached hydrogens (tertiary/aromatic N) is 1. The second kappa shape index (κ2) is 7.35. The Morgan fingerprint density at radius 1 is 1.04 bits per heavy atom. The minimum atomic E-state index is -4.70. The van der Waals surface area contributed by atoms with Crippen molar-refractivity contribution in [1.29, 1.82) is 0 Å². The predicted octanol–water partition coefficient (Wildman–Crippen LogP) is 5.18. The first kappa shape index (κ1) is 19.2. The van der Waals surface area contributed by atoms with Crippen LogP contribution in [0.4, 0.5) is 22.0 Å². The molecule has 149 valence electrons. The quantitative estimate of drug-likeness (QED) is 0.624. The number of ether oxygens (including phenoxy) is 1. The van der Waals surface area contributed by atoms with Gasteiger partial charge in [-0.1, -0.05) is 12.1 Å². The van der Waals surface area contributed by atoms with Gasteiger partial charge in [0.2, 0.25) is 0 Å². The molecule has 4 rings (SSSR count). The highest BCUT2D eigenvalue weighted by Crippen LogP contribution is 2.54. The Bertz CT molecular complexity index is 841. The Morgan fingerprint density at radius 2 is 1.79 bits per heavy atom. The zero-order chi connectivity index (χ0) is 19.9. The van der Waals surface area contributed by atoms with Crippen LogP contribution < -0.4 is 4.74 Å². The van der Waals surface area contributed by atoms with E-state index in [9.17, 15) is 22.0 Å². The third-order valence-corrected chi connectivity index (χ3v) is 5.57. The van der Waals surface area contributed by atoms with Gasteiger partial charge in [-0.25, -0.2) is 8.78 Å². The van der Waals surface area contributed by atoms with Crippen LogP contribution in [0.3, 0.4) is 0 Å². The van der Waals surface area contributed by atoms with Crippen LogP contribution >= 0.6 is 0 Å². The van der Waals surface area contributed by atoms with Crippen molar-refractivity contribution >= 4 is 0 Å². The second-order valence-electron chi connectivity index (χ2n) is 7.48. The maximum Gasteiger partial charge on any atom is 0.573 e. The zero-order valence-electron chi connectivity index (χ0n) is 14.9. The lowest BCUT2D eigenvalue weighted by molar-refractivity contribution is -0.274. The van der Waals surface area contributed by atoms with Crippen LogP contribution in [0.5, 0.6) is 5.75 Å². The molecule has 2 fully saturated rings. The van der Waals surface area contributed by atoms with Crippen molar-refractivity contribution in [3.63, 3.8) is 0 Å². The number of hydrogen-bond donors (Lipinski definition) is 0. The van der Waals surface area contributed by atoms with Crippen LogP contribution in [0.25, 0.3) is 0 Å². The number of alkyl halides is 3. The van der Waals surface area contributed by atoms with Crippen molar-refractivity contribution < 1.29 is 26.7 Å². The molecule has 2 aliphatic rings. The van der Waals surface area contributed by atoms with Crippen molar-refractivity contribution in [3.8, 4) is 5.75 Å². The van der Waals surface area contributed by atoms with E-state index >= 15 is 0 Å². The van der Waals surface area contributed by atoms with Gasteiger partial charge in [-0.2, -0.15) is 0 Å². The fourth-order valence-corrected chi connectivity index (χ4v) is 4.23. The Morgan fingerprint density at radius 3 is 2.50 bits per heavy atom. The number of likely N-dealkylation sites (tertiary alicyclic amines) is 1. The molecule has 2 atom stereocenters. The Kier molecular flexibility index (Phi) is 5.04. The van der Waals surface area contributed by atoms with Crippen LogP contribution in [-0.4, -0.2) is 24.4 Å². The largest absolute Gasteiger partial charge is 0.573 e. The van der Waals surface area contributed by atoms with E-state index in [1.165, 1.54) is 24.3 Å². The molecule has 2 nitrogen and oxygen atoms in total. The molecule has 1 radical (unpaired) electrons. The number of benzene rings is 2. The van der Waals surface area contributed by atoms with E-state index < -0.39 is 18.0 Å². The highest BCUT2D eigenvalue weighted by atomic mass is 19.4. The highest BCUT2D eigenvalue weighted by molar-refractivity contribution is 5.33. The summed E-state index contributed by atoms with van der Waals surface area (Å²) in [6.07, 6.45) is -1.98. The molecule has 1 saturated heterocycles. The standard InChI is InChI=1S/C21H19F5NO/c22-15-5-7-20(23)14(9-15)10-27-11-18-17(19(18)12-27)6-4-13-2-1-3-16(8-13)28-21(24,25)26/h1-5,7-9,17-19H,6,10-12H2. The summed E-state index contributed by atoms with van der Waals surface area (Å²) >= 11 is 0. The van der Waals surface area contributed by atoms with Crippen LogP contribution in [0, 0.1) is 35.8 Å². The van der Waals surface area contributed by atoms with E-state index in [0.717, 1.165) is 31.6 Å². The molecular weight excluding hydrogens is 377 g/mol. The van der Waals surface area contributed by atoms with Gasteiger partial charge in [0, 0.05) is 25.2 Å². The number of rotatable bonds is 6. The molecule has 0 N–H and O–H groups in total. The van der Waals surface area contributed by atoms with Crippen molar-refractivity contribution in [2.24, 2.45) is 17.8 Å². The normalized spacial score (nSPS) is 24.2. The molecule has 28 heavy (non-hydrogen) atoms. The molecule has 7 heteroatoms. The fourth-order valence-electron chi connectivity index (χ4n) is 4.23. The molecule has 1 heterocycles. The number of hydrogen-bond acceptors (Lipinski definition) is 2. The van der Waals surface area contributed by atoms with Gasteiger partial charge in [-0.3, -0.25) is 4.90 Å². The monoisotopic (exact) mass is 396 g/mol. The third kappa shape index (κ3) is 4.46. The van der Waals surface area contributed by atoms with Gasteiger partial charge in [0.15, 0.2) is 0 Å². The van der Waals surface area contributed by atoms with Gasteiger partial charge in [0.25, 0.3) is 0 Å². The molecule has 1 aliphatic heterocycles. The van der Waals surface area contributed by atoms with Crippen LogP contribution in [0.1, 0.15) is 17.5 Å². The Labute approximate surface area is 159 Å². The second-order valence-corrected chi connectivity index (χ2v) is 7.48. The maximum atomic E-state index is 13.8. The summed E-state index contributed by atoms with van der Waals surface area (Å²) in [5.74, 6) is 0.434. The summed E-state index contributed by atoms with van der Waals surface area (Å²) in [5, 5.41) is 0. The van der Waals surface area contributed by atoms with E-state index in [-0.39, 0.29) is 5.75 Å². The average molecular weight is 396 g/mol. The van der Waals surface area contributed by atoms with Crippen molar-refractivity contribution in [1.82, 2.24) is 4.90 Å². The fraction of sp³-hybridized carbons (Fsp3) is 0.381. The average Bonchev–Trinajstić information content (AvgIpc) is 3.06. The first-order valence-corrected chi connectivity index (χ1v) is 9.14. The summed E-state index contributed by atoms with van der Waals surface area (Å²) in [4.78, 5) is 2.13. The predicted molar refractivity (Wildman–Crippen MR) is 93.2 cm³/mol. The Hall–Kier alpha value is -2.15. The van der Waals surface area contributed by atoms with Crippen LogP contribution in [0.2, 0.25) is 0 Å². The van der Waals surface area contributed by atoms with Gasteiger partial charge < -0.3 is 4.74 Å². The summed E-state index contributed by atoms with van der Waals surface area (Å²) in [7, 11) is 0. The molecule has 0 amide bonds. The van der Waals surface area contributed by atoms with Crippen LogP contribution in [0.15, 0.2) is 42.5 Å². The third-order valence-electron chi connectivity index (χ3n) is 5.57. The van der Waals surface area contributed by atoms with Gasteiger partial charge in [-0.05, 0) is 66.5 Å². The molecule has 1 aliphatic carbocycles. The number of piperidine rings is 1. The number of fused-ring (bicyclic) bond motifs is 1. The van der Waals surface area contributed by atoms with Gasteiger partial charge in [0.05, 0.1) is 0 Å². The SMILES string of the molecule is Fc1ccc(F)c(CN2CC3C(C[CH]c4cccc(OC(F)(F)F)c4)C3C2)c1. The first-order valence-electron chi connectivity index (χ1n) is 9.14. The Balaban J connectivity index is 1.26. The summed E-state index contributed by atoms with van der Waals surface area (Å²) in [6, 6.07) is 9.44. The van der Waals surface area contributed by atoms with Gasteiger partial charge >= 0.3 is 6.36 Å². The van der Waals surface area contributed by atoms with Crippen molar-refractivity contribution in [2.45, 2.75) is 19.3 Å². The van der Waals surface area contributed by atoms with E-state index in [4.69, 9.17) is 0 Å². The lowest BCUT2D eigenvalue weighted by atomic mass is 10.0. The first-order chi connectivity index (χ1) is 13.3. The molecule has 1 saturated carbocycles. The molecular formula is C21H19F5NO. The number of halogens is 5. The molecule has 2 aromatic carbocycles. The van der Waals surface area contributed by atoms with Gasteiger partial charge in [-0.15, -0.1) is 13.2 Å². The maximum absolute atomic E-state index is 13.8. The van der Waals surface area contributed by atoms with E-state index in [1.54, 1.807) is 6.07 Å². The van der Waals surface area contributed by atoms with E-state index in [0.29, 0.717) is 35.4 Å². The van der Waals surface area contributed by atoms with Crippen molar-refractivity contribution in [2.75, 3.05) is 13.1 Å². The molecule has 0 spiro atoms. The van der Waals surface area contributed by atoms with Crippen molar-refractivity contribution in [3.05, 3.63) is 71.6 Å². The molecule has 2 aromatic rings. The lowest BCUT2D eigenvalue weighted by Crippen LogP contribution is -2.24. The van der Waals surface area contributed by atoms with Crippen LogP contribution in [-0.2, 0) is 6.54 Å². The lowest BCUT2D eigenvalue weighted by Gasteiger charge is -2.20.